The second kappa shape index (κ2) is 13.6. The lowest BCUT2D eigenvalue weighted by Gasteiger charge is -2.53. The lowest BCUT2D eigenvalue weighted by atomic mass is 9.74. The number of ether oxygens (including phenoxy) is 2. The van der Waals surface area contributed by atoms with Crippen molar-refractivity contribution in [3.63, 3.8) is 0 Å². The molecule has 0 radical (unpaired) electrons. The van der Waals surface area contributed by atoms with Gasteiger partial charge in [0.15, 0.2) is 5.82 Å². The van der Waals surface area contributed by atoms with Crippen LogP contribution in [0.4, 0.5) is 14.6 Å². The maximum absolute atomic E-state index is 17.1. The molecule has 8 rings (SSSR count). The molecule has 10 nitrogen and oxygen atoms in total. The van der Waals surface area contributed by atoms with Gasteiger partial charge in [0.25, 0.3) is 0 Å². The Morgan fingerprint density at radius 2 is 1.94 bits per heavy atom. The molecule has 2 N–H and O–H groups in total. The first-order valence-corrected chi connectivity index (χ1v) is 19.3. The molecular formula is C38H46F2N6O4S. The molecule has 3 atom stereocenters. The monoisotopic (exact) mass is 720 g/mol. The number of β-amino-alcohol motifs (C(OH)–C–C–N with tert-alkyl or cyclic N) is 1. The van der Waals surface area contributed by atoms with E-state index in [9.17, 15) is 10.2 Å². The van der Waals surface area contributed by atoms with Crippen LogP contribution >= 0.6 is 11.9 Å². The molecule has 4 aromatic rings. The summed E-state index contributed by atoms with van der Waals surface area (Å²) in [4.78, 5) is 18.8. The molecule has 13 heteroatoms. The molecule has 3 unspecified atom stereocenters. The van der Waals surface area contributed by atoms with Crippen molar-refractivity contribution in [2.24, 2.45) is 5.41 Å². The number of nitrogens with zero attached hydrogens (tertiary/aromatic N) is 6. The Labute approximate surface area is 301 Å². The van der Waals surface area contributed by atoms with Gasteiger partial charge in [-0.05, 0) is 86.4 Å². The molecule has 272 valence electrons. The summed E-state index contributed by atoms with van der Waals surface area (Å²) in [6.07, 6.45) is 9.51. The van der Waals surface area contributed by atoms with Crippen LogP contribution in [0.2, 0.25) is 0 Å². The first-order valence-electron chi connectivity index (χ1n) is 18.1. The van der Waals surface area contributed by atoms with E-state index in [-0.39, 0.29) is 47.1 Å². The maximum Gasteiger partial charge on any atom is 0.319 e. The smallest absolute Gasteiger partial charge is 0.319 e. The van der Waals surface area contributed by atoms with Crippen molar-refractivity contribution in [2.45, 2.75) is 70.1 Å². The quantitative estimate of drug-likeness (QED) is 0.211. The summed E-state index contributed by atoms with van der Waals surface area (Å²) in [5.41, 5.74) is -0.564. The van der Waals surface area contributed by atoms with Crippen LogP contribution in [0.25, 0.3) is 32.9 Å². The first-order chi connectivity index (χ1) is 24.6. The minimum Gasteiger partial charge on any atom is -0.508 e. The zero-order valence-electron chi connectivity index (χ0n) is 29.5. The van der Waals surface area contributed by atoms with Crippen molar-refractivity contribution in [3.05, 3.63) is 47.7 Å². The van der Waals surface area contributed by atoms with Gasteiger partial charge in [0.05, 0.1) is 31.8 Å². The number of phenols is 1. The number of aryl methyl sites for hydroxylation is 1. The lowest BCUT2D eigenvalue weighted by Crippen LogP contribution is -2.64. The number of benzene rings is 2. The average molecular weight is 721 g/mol. The van der Waals surface area contributed by atoms with E-state index < -0.39 is 17.2 Å². The number of halogens is 2. The number of aromatic nitrogens is 3. The molecule has 5 heterocycles. The van der Waals surface area contributed by atoms with Crippen molar-refractivity contribution in [1.82, 2.24) is 24.2 Å². The molecule has 0 spiro atoms. The number of aromatic hydroxyl groups is 1. The van der Waals surface area contributed by atoms with Crippen LogP contribution in [-0.4, -0.2) is 111 Å². The van der Waals surface area contributed by atoms with Crippen LogP contribution in [0.3, 0.4) is 0 Å². The number of anilines is 1. The Morgan fingerprint density at radius 1 is 1.12 bits per heavy atom. The summed E-state index contributed by atoms with van der Waals surface area (Å²) in [6.45, 7) is 8.34. The summed E-state index contributed by atoms with van der Waals surface area (Å²) in [5, 5.41) is 23.2. The fraction of sp³-hybridized carbons (Fsp3) is 0.553. The van der Waals surface area contributed by atoms with Gasteiger partial charge in [-0.15, -0.1) is 0 Å². The second-order valence-corrected chi connectivity index (χ2v) is 15.9. The molecule has 0 amide bonds. The van der Waals surface area contributed by atoms with Gasteiger partial charge in [-0.2, -0.15) is 9.97 Å². The molecule has 4 fully saturated rings. The molecule has 3 saturated heterocycles. The SMILES string of the molecule is CCc1c(F)ccc2cc(O)cc(-c3ncc4c(N5CCOCC(C)(O)C5)nc(OCC56CCCC5N(C5CN(SC)C5)CCC6)nc4c3F)c12. The Hall–Kier alpha value is -3.36. The van der Waals surface area contributed by atoms with E-state index in [0.717, 1.165) is 51.7 Å². The van der Waals surface area contributed by atoms with E-state index in [1.807, 2.05) is 11.8 Å². The number of piperidine rings is 1. The van der Waals surface area contributed by atoms with Gasteiger partial charge >= 0.3 is 6.01 Å². The predicted octanol–water partition coefficient (Wildman–Crippen LogP) is 5.95. The standard InChI is InChI=1S/C38H46F2N6O4S/c1-4-26-29(39)9-8-23-15-25(47)16-27(31(23)26)33-32(40)34-28(17-41-33)35(44-13-14-49-21-37(2,48)20-44)43-36(42-34)50-22-38-10-5-7-30(38)46(12-6-11-38)24-18-45(19-24)51-3/h8-9,15-17,24,30,47-48H,4-7,10-14,18-22H2,1-3H3. The minimum atomic E-state index is -1.17. The van der Waals surface area contributed by atoms with E-state index in [1.165, 1.54) is 18.3 Å². The molecule has 2 aromatic carbocycles. The van der Waals surface area contributed by atoms with Crippen molar-refractivity contribution in [3.8, 4) is 23.0 Å². The van der Waals surface area contributed by atoms with Crippen LogP contribution in [0.1, 0.15) is 51.5 Å². The third-order valence-electron chi connectivity index (χ3n) is 11.5. The highest BCUT2D eigenvalue weighted by atomic mass is 32.2. The zero-order valence-corrected chi connectivity index (χ0v) is 30.3. The van der Waals surface area contributed by atoms with Crippen LogP contribution in [0.5, 0.6) is 11.8 Å². The Bertz CT molecular complexity index is 1960. The highest BCUT2D eigenvalue weighted by molar-refractivity contribution is 7.96. The number of hydrogen-bond acceptors (Lipinski definition) is 11. The number of pyridine rings is 1. The van der Waals surface area contributed by atoms with E-state index >= 15 is 8.78 Å². The maximum atomic E-state index is 17.1. The minimum absolute atomic E-state index is 0.00752. The Morgan fingerprint density at radius 3 is 2.75 bits per heavy atom. The fourth-order valence-electron chi connectivity index (χ4n) is 9.09. The second-order valence-electron chi connectivity index (χ2n) is 15.0. The number of rotatable bonds is 8. The van der Waals surface area contributed by atoms with Crippen molar-refractivity contribution in [2.75, 3.05) is 63.7 Å². The largest absolute Gasteiger partial charge is 0.508 e. The van der Waals surface area contributed by atoms with Crippen LogP contribution in [-0.2, 0) is 11.2 Å². The van der Waals surface area contributed by atoms with Crippen LogP contribution in [0.15, 0.2) is 30.5 Å². The van der Waals surface area contributed by atoms with Crippen molar-refractivity contribution < 1.29 is 28.5 Å². The molecule has 0 bridgehead atoms. The molecular weight excluding hydrogens is 675 g/mol. The molecule has 51 heavy (non-hydrogen) atoms. The molecule has 2 aromatic heterocycles. The number of fused-ring (bicyclic) bond motifs is 3. The normalized spacial score (nSPS) is 26.4. The summed E-state index contributed by atoms with van der Waals surface area (Å²) < 4.78 is 46.8. The van der Waals surface area contributed by atoms with Gasteiger partial charge in [0.2, 0.25) is 0 Å². The summed E-state index contributed by atoms with van der Waals surface area (Å²) in [7, 11) is 0. The number of aliphatic hydroxyl groups is 1. The van der Waals surface area contributed by atoms with Crippen molar-refractivity contribution in [1.29, 1.82) is 0 Å². The first kappa shape index (κ1) is 34.7. The van der Waals surface area contributed by atoms with Crippen LogP contribution in [0, 0.1) is 17.0 Å². The Kier molecular flexibility index (Phi) is 9.23. The van der Waals surface area contributed by atoms with Gasteiger partial charge in [-0.25, -0.2) is 13.1 Å². The fourth-order valence-corrected chi connectivity index (χ4v) is 9.73. The molecule has 3 aliphatic heterocycles. The third-order valence-corrected chi connectivity index (χ3v) is 12.4. The van der Waals surface area contributed by atoms with Gasteiger partial charge in [-0.1, -0.05) is 31.4 Å². The summed E-state index contributed by atoms with van der Waals surface area (Å²) in [6, 6.07) is 6.95. The van der Waals surface area contributed by atoms with E-state index in [4.69, 9.17) is 19.4 Å². The Balaban J connectivity index is 1.21. The third kappa shape index (κ3) is 6.28. The van der Waals surface area contributed by atoms with E-state index in [2.05, 4.69) is 20.4 Å². The molecule has 1 saturated carbocycles. The van der Waals surface area contributed by atoms with Gasteiger partial charge in [0.1, 0.15) is 34.2 Å². The highest BCUT2D eigenvalue weighted by Gasteiger charge is 2.51. The number of likely N-dealkylation sites (tertiary alicyclic amines) is 1. The van der Waals surface area contributed by atoms with Gasteiger partial charge < -0.3 is 24.6 Å². The van der Waals surface area contributed by atoms with Crippen LogP contribution < -0.4 is 9.64 Å². The summed E-state index contributed by atoms with van der Waals surface area (Å²) in [5.74, 6) is -0.807. The number of hydrogen-bond donors (Lipinski definition) is 2. The lowest BCUT2D eigenvalue weighted by molar-refractivity contribution is -0.0466. The van der Waals surface area contributed by atoms with Gasteiger partial charge in [-0.3, -0.25) is 9.88 Å². The average Bonchev–Trinajstić information content (AvgIpc) is 3.44. The molecule has 1 aliphatic carbocycles. The number of phenolic OH excluding ortho intramolecular Hbond substituents is 1. The predicted molar refractivity (Wildman–Crippen MR) is 195 cm³/mol. The topological polar surface area (TPSA) is 107 Å². The van der Waals surface area contributed by atoms with E-state index in [1.54, 1.807) is 31.0 Å². The van der Waals surface area contributed by atoms with Crippen molar-refractivity contribution >= 4 is 39.4 Å². The van der Waals surface area contributed by atoms with Gasteiger partial charge in [0, 0.05) is 48.9 Å². The highest BCUT2D eigenvalue weighted by Crippen LogP contribution is 2.49. The van der Waals surface area contributed by atoms with E-state index in [0.29, 0.717) is 65.8 Å². The summed E-state index contributed by atoms with van der Waals surface area (Å²) >= 11 is 1.80. The molecule has 4 aliphatic rings. The zero-order chi connectivity index (χ0) is 35.5.